The maximum Gasteiger partial charge on any atom is 0.250 e. The van der Waals surface area contributed by atoms with Crippen LogP contribution < -0.4 is 10.9 Å². The zero-order valence-electron chi connectivity index (χ0n) is 13.6. The van der Waals surface area contributed by atoms with Crippen LogP contribution in [0.1, 0.15) is 19.4 Å². The monoisotopic (exact) mass is 324 g/mol. The highest BCUT2D eigenvalue weighted by molar-refractivity contribution is 5.83. The number of pyridine rings is 1. The maximum atomic E-state index is 12.3. The molecule has 0 aliphatic heterocycles. The summed E-state index contributed by atoms with van der Waals surface area (Å²) in [6.45, 7) is 2.96. The van der Waals surface area contributed by atoms with Crippen LogP contribution in [0, 0.1) is 0 Å². The van der Waals surface area contributed by atoms with Gasteiger partial charge < -0.3 is 14.5 Å². The van der Waals surface area contributed by atoms with Gasteiger partial charge in [0.25, 0.3) is 0 Å². The zero-order valence-corrected chi connectivity index (χ0v) is 13.6. The molecule has 3 aromatic rings. The molecule has 3 rings (SSSR count). The van der Waals surface area contributed by atoms with Gasteiger partial charge in [0.1, 0.15) is 6.04 Å². The van der Waals surface area contributed by atoms with Gasteiger partial charge in [-0.15, -0.1) is 0 Å². The van der Waals surface area contributed by atoms with Crippen LogP contribution in [0.3, 0.4) is 0 Å². The third-order valence-corrected chi connectivity index (χ3v) is 4.05. The number of amides is 1. The van der Waals surface area contributed by atoms with E-state index >= 15 is 0 Å². The summed E-state index contributed by atoms with van der Waals surface area (Å²) >= 11 is 0. The molecule has 2 heterocycles. The average Bonchev–Trinajstić information content (AvgIpc) is 3.03. The molecule has 24 heavy (non-hydrogen) atoms. The lowest BCUT2D eigenvalue weighted by atomic mass is 10.2. The highest BCUT2D eigenvalue weighted by atomic mass is 16.2. The molecule has 0 spiro atoms. The van der Waals surface area contributed by atoms with E-state index in [-0.39, 0.29) is 17.5 Å². The topological polar surface area (TPSA) is 68.9 Å². The Morgan fingerprint density at radius 3 is 2.83 bits per heavy atom. The minimum Gasteiger partial charge on any atom is -0.354 e. The molecule has 0 aliphatic carbocycles. The van der Waals surface area contributed by atoms with E-state index in [1.807, 2.05) is 41.8 Å². The predicted molar refractivity (Wildman–Crippen MR) is 92.8 cm³/mol. The highest BCUT2D eigenvalue weighted by Crippen LogP contribution is 2.17. The van der Waals surface area contributed by atoms with Crippen LogP contribution in [0.4, 0.5) is 0 Å². The third-order valence-electron chi connectivity index (χ3n) is 4.05. The molecule has 0 unspecified atom stereocenters. The van der Waals surface area contributed by atoms with Gasteiger partial charge in [0.2, 0.25) is 11.5 Å². The second kappa shape index (κ2) is 7.12. The Morgan fingerprint density at radius 2 is 2.00 bits per heavy atom. The normalized spacial score (nSPS) is 12.2. The van der Waals surface area contributed by atoms with Crippen molar-refractivity contribution in [1.29, 1.82) is 0 Å². The van der Waals surface area contributed by atoms with Crippen LogP contribution in [0.15, 0.2) is 59.8 Å². The van der Waals surface area contributed by atoms with Gasteiger partial charge in [0.05, 0.1) is 17.4 Å². The second-order valence-electron chi connectivity index (χ2n) is 5.69. The number of nitrogens with zero attached hydrogens (tertiary/aromatic N) is 3. The summed E-state index contributed by atoms with van der Waals surface area (Å²) in [6, 6.07) is 12.5. The number of aromatic nitrogens is 3. The third kappa shape index (κ3) is 3.37. The molecule has 124 valence electrons. The molecule has 6 heteroatoms. The number of hydrogen-bond acceptors (Lipinski definition) is 3. The van der Waals surface area contributed by atoms with E-state index in [2.05, 4.69) is 10.3 Å². The Morgan fingerprint density at radius 1 is 1.21 bits per heavy atom. The lowest BCUT2D eigenvalue weighted by molar-refractivity contribution is -0.123. The fraction of sp³-hybridized carbons (Fsp3) is 0.278. The van der Waals surface area contributed by atoms with E-state index < -0.39 is 0 Å². The van der Waals surface area contributed by atoms with Gasteiger partial charge in [-0.2, -0.15) is 0 Å². The molecule has 0 saturated carbocycles. The van der Waals surface area contributed by atoms with Crippen LogP contribution in [-0.2, 0) is 11.3 Å². The molecular formula is C18H20N4O2. The summed E-state index contributed by atoms with van der Waals surface area (Å²) in [4.78, 5) is 28.2. The molecule has 0 radical (unpaired) electrons. The number of fused-ring (bicyclic) bond motifs is 1. The van der Waals surface area contributed by atoms with Crippen molar-refractivity contribution in [3.63, 3.8) is 0 Å². The summed E-state index contributed by atoms with van der Waals surface area (Å²) < 4.78 is 3.51. The quantitative estimate of drug-likeness (QED) is 0.705. The minimum absolute atomic E-state index is 0.0259. The van der Waals surface area contributed by atoms with Gasteiger partial charge in [-0.1, -0.05) is 18.2 Å². The van der Waals surface area contributed by atoms with Gasteiger partial charge in [-0.3, -0.25) is 9.59 Å². The second-order valence-corrected chi connectivity index (χ2v) is 5.69. The van der Waals surface area contributed by atoms with Crippen molar-refractivity contribution in [3.05, 3.63) is 65.3 Å². The Bertz CT molecular complexity index is 897. The maximum absolute atomic E-state index is 12.3. The number of aryl methyl sites for hydroxylation is 1. The summed E-state index contributed by atoms with van der Waals surface area (Å²) in [6.07, 6.45) is 4.15. The summed E-state index contributed by atoms with van der Waals surface area (Å²) in [7, 11) is 0. The first-order chi connectivity index (χ1) is 11.7. The summed E-state index contributed by atoms with van der Waals surface area (Å²) in [5.41, 5.74) is 1.79. The number of imidazole rings is 1. The van der Waals surface area contributed by atoms with Crippen LogP contribution in [0.2, 0.25) is 0 Å². The minimum atomic E-state index is -0.336. The predicted octanol–water partition coefficient (Wildman–Crippen LogP) is 1.97. The van der Waals surface area contributed by atoms with Crippen LogP contribution in [0.5, 0.6) is 0 Å². The summed E-state index contributed by atoms with van der Waals surface area (Å²) in [5, 5.41) is 2.92. The highest BCUT2D eigenvalue weighted by Gasteiger charge is 2.16. The number of nitrogens with one attached hydrogen (secondary N) is 1. The van der Waals surface area contributed by atoms with Gasteiger partial charge in [0, 0.05) is 25.4 Å². The van der Waals surface area contributed by atoms with E-state index in [9.17, 15) is 9.59 Å². The molecule has 1 aromatic carbocycles. The van der Waals surface area contributed by atoms with Crippen molar-refractivity contribution >= 4 is 16.9 Å². The number of carbonyl (C=O) groups is 1. The van der Waals surface area contributed by atoms with Gasteiger partial charge in [-0.05, 0) is 31.5 Å². The van der Waals surface area contributed by atoms with Crippen molar-refractivity contribution in [1.82, 2.24) is 19.4 Å². The Kier molecular flexibility index (Phi) is 4.74. The van der Waals surface area contributed by atoms with Crippen molar-refractivity contribution in [2.45, 2.75) is 25.9 Å². The molecule has 1 N–H and O–H groups in total. The largest absolute Gasteiger partial charge is 0.354 e. The average molecular weight is 324 g/mol. The number of para-hydroxylation sites is 2. The first kappa shape index (κ1) is 16.0. The van der Waals surface area contributed by atoms with Gasteiger partial charge in [0.15, 0.2) is 0 Å². The first-order valence-electron chi connectivity index (χ1n) is 8.01. The molecule has 0 bridgehead atoms. The zero-order chi connectivity index (χ0) is 16.9. The fourth-order valence-corrected chi connectivity index (χ4v) is 2.67. The van der Waals surface area contributed by atoms with Crippen molar-refractivity contribution in [2.75, 3.05) is 6.54 Å². The van der Waals surface area contributed by atoms with E-state index in [4.69, 9.17) is 0 Å². The van der Waals surface area contributed by atoms with Crippen molar-refractivity contribution in [3.8, 4) is 0 Å². The number of benzene rings is 1. The fourth-order valence-electron chi connectivity index (χ4n) is 2.67. The molecule has 2 aromatic heterocycles. The van der Waals surface area contributed by atoms with Gasteiger partial charge in [-0.25, -0.2) is 4.98 Å². The lowest BCUT2D eigenvalue weighted by Gasteiger charge is -2.14. The van der Waals surface area contributed by atoms with Gasteiger partial charge >= 0.3 is 0 Å². The molecule has 0 saturated heterocycles. The van der Waals surface area contributed by atoms with E-state index in [1.165, 1.54) is 6.07 Å². The van der Waals surface area contributed by atoms with Crippen LogP contribution in [-0.4, -0.2) is 26.6 Å². The van der Waals surface area contributed by atoms with E-state index in [0.717, 1.165) is 11.0 Å². The summed E-state index contributed by atoms with van der Waals surface area (Å²) in [5.74, 6) is -0.0569. The van der Waals surface area contributed by atoms with Crippen molar-refractivity contribution < 1.29 is 4.79 Å². The molecule has 0 fully saturated rings. The van der Waals surface area contributed by atoms with E-state index in [0.29, 0.717) is 19.5 Å². The van der Waals surface area contributed by atoms with Crippen molar-refractivity contribution in [2.24, 2.45) is 0 Å². The van der Waals surface area contributed by atoms with E-state index in [1.54, 1.807) is 23.2 Å². The Balaban J connectivity index is 1.55. The van der Waals surface area contributed by atoms with Crippen LogP contribution >= 0.6 is 0 Å². The number of carbonyl (C=O) groups excluding carboxylic acids is 1. The number of hydrogen-bond donors (Lipinski definition) is 1. The molecular weight excluding hydrogens is 304 g/mol. The Hall–Kier alpha value is -2.89. The smallest absolute Gasteiger partial charge is 0.250 e. The SMILES string of the molecule is C[C@@H](C(=O)NCCCn1ccccc1=O)n1cnc2ccccc21. The standard InChI is InChI=1S/C18H20N4O2/c1-14(22-13-20-15-7-2-3-8-16(15)22)18(24)19-10-6-12-21-11-5-4-9-17(21)23/h2-5,7-9,11,13-14H,6,10,12H2,1H3,(H,19,24)/t14-/m0/s1. The first-order valence-corrected chi connectivity index (χ1v) is 8.01. The molecule has 1 amide bonds. The Labute approximate surface area is 139 Å². The molecule has 1 atom stereocenters. The van der Waals surface area contributed by atoms with Crippen LogP contribution in [0.25, 0.3) is 11.0 Å². The number of rotatable bonds is 6. The lowest BCUT2D eigenvalue weighted by Crippen LogP contribution is -2.32. The molecule has 0 aliphatic rings. The molecule has 6 nitrogen and oxygen atoms in total.